The van der Waals surface area contributed by atoms with Gasteiger partial charge in [0.05, 0.1) is 18.7 Å². The summed E-state index contributed by atoms with van der Waals surface area (Å²) in [5.74, 6) is 0.723. The lowest BCUT2D eigenvalue weighted by Crippen LogP contribution is -2.34. The third kappa shape index (κ3) is 4.33. The first-order valence-corrected chi connectivity index (χ1v) is 8.16. The van der Waals surface area contributed by atoms with Crippen LogP contribution in [0.2, 0.25) is 0 Å². The maximum Gasteiger partial charge on any atom is 0.252 e. The minimum atomic E-state index is -0.0979. The molecule has 0 spiro atoms. The van der Waals surface area contributed by atoms with Gasteiger partial charge in [-0.1, -0.05) is 30.3 Å². The molecule has 0 unspecified atom stereocenters. The molecule has 0 aliphatic heterocycles. The van der Waals surface area contributed by atoms with Crippen LogP contribution in [0.15, 0.2) is 53.0 Å². The minimum absolute atomic E-state index is 0.0255. The Labute approximate surface area is 145 Å². The number of nitrogens with zero attached hydrogens (tertiary/aromatic N) is 1. The molecule has 2 aromatic carbocycles. The van der Waals surface area contributed by atoms with Gasteiger partial charge in [-0.15, -0.1) is 0 Å². The van der Waals surface area contributed by atoms with Gasteiger partial charge in [-0.2, -0.15) is 0 Å². The molecule has 1 N–H and O–H groups in total. The molecule has 2 rings (SSSR count). The van der Waals surface area contributed by atoms with Gasteiger partial charge >= 0.3 is 0 Å². The van der Waals surface area contributed by atoms with Gasteiger partial charge in [0.25, 0.3) is 5.91 Å². The normalized spacial score (nSPS) is 12.0. The monoisotopic (exact) mass is 376 g/mol. The predicted octanol–water partition coefficient (Wildman–Crippen LogP) is 3.49. The molecule has 1 atom stereocenters. The summed E-state index contributed by atoms with van der Waals surface area (Å²) in [6.07, 6.45) is 0. The second-order valence-corrected chi connectivity index (χ2v) is 6.27. The summed E-state index contributed by atoms with van der Waals surface area (Å²) in [5, 5.41) is 3.00. The molecule has 0 fully saturated rings. The zero-order valence-corrected chi connectivity index (χ0v) is 15.1. The topological polar surface area (TPSA) is 41.6 Å². The Kier molecular flexibility index (Phi) is 6.19. The first-order chi connectivity index (χ1) is 11.0. The number of ether oxygens (including phenoxy) is 1. The number of amides is 1. The number of hydrogen-bond acceptors (Lipinski definition) is 3. The van der Waals surface area contributed by atoms with Crippen molar-refractivity contribution in [2.45, 2.75) is 6.04 Å². The average Bonchev–Trinajstić information content (AvgIpc) is 2.55. The summed E-state index contributed by atoms with van der Waals surface area (Å²) < 4.78 is 6.23. The number of rotatable bonds is 6. The molecule has 5 heteroatoms. The molecule has 0 aromatic heterocycles. The van der Waals surface area contributed by atoms with Crippen molar-refractivity contribution in [2.24, 2.45) is 0 Å². The van der Waals surface area contributed by atoms with Crippen LogP contribution in [-0.2, 0) is 0 Å². The summed E-state index contributed by atoms with van der Waals surface area (Å²) in [7, 11) is 5.63. The van der Waals surface area contributed by atoms with Crippen molar-refractivity contribution < 1.29 is 9.53 Å². The highest BCUT2D eigenvalue weighted by Crippen LogP contribution is 2.27. The fourth-order valence-electron chi connectivity index (χ4n) is 2.44. The number of benzene rings is 2. The van der Waals surface area contributed by atoms with Gasteiger partial charge in [0, 0.05) is 16.6 Å². The van der Waals surface area contributed by atoms with E-state index in [1.54, 1.807) is 13.2 Å². The number of methoxy groups -OCH3 is 1. The van der Waals surface area contributed by atoms with E-state index < -0.39 is 0 Å². The Morgan fingerprint density at radius 2 is 1.83 bits per heavy atom. The molecule has 0 saturated heterocycles. The maximum atomic E-state index is 12.4. The Bertz CT molecular complexity index is 674. The molecule has 0 radical (unpaired) electrons. The Morgan fingerprint density at radius 1 is 1.17 bits per heavy atom. The number of para-hydroxylation sites is 1. The molecule has 122 valence electrons. The summed E-state index contributed by atoms with van der Waals surface area (Å²) in [6.45, 7) is 0.494. The van der Waals surface area contributed by atoms with E-state index in [0.29, 0.717) is 12.1 Å². The predicted molar refractivity (Wildman–Crippen MR) is 95.9 cm³/mol. The van der Waals surface area contributed by atoms with E-state index in [1.807, 2.05) is 56.6 Å². The van der Waals surface area contributed by atoms with Gasteiger partial charge < -0.3 is 15.0 Å². The lowest BCUT2D eigenvalue weighted by atomic mass is 10.0. The smallest absolute Gasteiger partial charge is 0.252 e. The number of carbonyl (C=O) groups is 1. The Hall–Kier alpha value is -1.85. The summed E-state index contributed by atoms with van der Waals surface area (Å²) in [4.78, 5) is 14.5. The molecule has 0 saturated carbocycles. The van der Waals surface area contributed by atoms with E-state index >= 15 is 0 Å². The van der Waals surface area contributed by atoms with E-state index in [4.69, 9.17) is 4.74 Å². The van der Waals surface area contributed by atoms with Gasteiger partial charge in [-0.05, 0) is 48.2 Å². The van der Waals surface area contributed by atoms with E-state index in [1.165, 1.54) is 0 Å². The SMILES string of the molecule is COc1ccccc1[C@H](CNC(=O)c1ccccc1Br)N(C)C. The van der Waals surface area contributed by atoms with Crippen molar-refractivity contribution in [1.29, 1.82) is 0 Å². The van der Waals surface area contributed by atoms with Crippen LogP contribution in [0, 0.1) is 0 Å². The number of halogens is 1. The number of carbonyl (C=O) groups excluding carboxylic acids is 1. The second-order valence-electron chi connectivity index (χ2n) is 5.41. The van der Waals surface area contributed by atoms with Crippen molar-refractivity contribution in [1.82, 2.24) is 10.2 Å². The van der Waals surface area contributed by atoms with E-state index in [2.05, 4.69) is 26.1 Å². The van der Waals surface area contributed by atoms with Gasteiger partial charge in [0.15, 0.2) is 0 Å². The zero-order chi connectivity index (χ0) is 16.8. The van der Waals surface area contributed by atoms with Crippen molar-refractivity contribution in [2.75, 3.05) is 27.7 Å². The molecule has 4 nitrogen and oxygen atoms in total. The lowest BCUT2D eigenvalue weighted by Gasteiger charge is -2.26. The van der Waals surface area contributed by atoms with Crippen LogP contribution in [0.3, 0.4) is 0 Å². The van der Waals surface area contributed by atoms with Crippen LogP contribution in [0.4, 0.5) is 0 Å². The minimum Gasteiger partial charge on any atom is -0.496 e. The molecule has 0 aliphatic rings. The third-order valence-electron chi connectivity index (χ3n) is 3.70. The number of hydrogen-bond donors (Lipinski definition) is 1. The van der Waals surface area contributed by atoms with Crippen LogP contribution >= 0.6 is 15.9 Å². The highest BCUT2D eigenvalue weighted by Gasteiger charge is 2.19. The first-order valence-electron chi connectivity index (χ1n) is 7.36. The molecule has 1 amide bonds. The fraction of sp³-hybridized carbons (Fsp3) is 0.278. The van der Waals surface area contributed by atoms with Gasteiger partial charge in [0.1, 0.15) is 5.75 Å². The third-order valence-corrected chi connectivity index (χ3v) is 4.39. The summed E-state index contributed by atoms with van der Waals surface area (Å²) in [5.41, 5.74) is 1.68. The van der Waals surface area contributed by atoms with E-state index in [0.717, 1.165) is 15.8 Å². The van der Waals surface area contributed by atoms with Crippen molar-refractivity contribution in [3.63, 3.8) is 0 Å². The summed E-state index contributed by atoms with van der Waals surface area (Å²) in [6, 6.07) is 15.3. The molecule has 0 bridgehead atoms. The highest BCUT2D eigenvalue weighted by atomic mass is 79.9. The first kappa shape index (κ1) is 17.5. The molecule has 23 heavy (non-hydrogen) atoms. The lowest BCUT2D eigenvalue weighted by molar-refractivity contribution is 0.0940. The van der Waals surface area contributed by atoms with Crippen LogP contribution < -0.4 is 10.1 Å². The number of likely N-dealkylation sites (N-methyl/N-ethyl adjacent to an activating group) is 1. The van der Waals surface area contributed by atoms with Gasteiger partial charge in [-0.3, -0.25) is 4.79 Å². The maximum absolute atomic E-state index is 12.4. The molecule has 0 heterocycles. The molecule has 2 aromatic rings. The van der Waals surface area contributed by atoms with Crippen molar-refractivity contribution in [3.8, 4) is 5.75 Å². The number of nitrogens with one attached hydrogen (secondary N) is 1. The fourth-order valence-corrected chi connectivity index (χ4v) is 2.91. The standard InChI is InChI=1S/C18H21BrN2O2/c1-21(2)16(14-9-5-7-11-17(14)23-3)12-20-18(22)13-8-4-6-10-15(13)19/h4-11,16H,12H2,1-3H3,(H,20,22)/t16-/m0/s1. The average molecular weight is 377 g/mol. The molecular formula is C18H21BrN2O2. The Morgan fingerprint density at radius 3 is 2.48 bits per heavy atom. The van der Waals surface area contributed by atoms with Crippen LogP contribution in [0.5, 0.6) is 5.75 Å². The van der Waals surface area contributed by atoms with Crippen molar-refractivity contribution >= 4 is 21.8 Å². The van der Waals surface area contributed by atoms with Gasteiger partial charge in [0.2, 0.25) is 0 Å². The Balaban J connectivity index is 2.15. The highest BCUT2D eigenvalue weighted by molar-refractivity contribution is 9.10. The van der Waals surface area contributed by atoms with Crippen LogP contribution in [0.25, 0.3) is 0 Å². The largest absolute Gasteiger partial charge is 0.496 e. The quantitative estimate of drug-likeness (QED) is 0.838. The van der Waals surface area contributed by atoms with Crippen LogP contribution in [0.1, 0.15) is 22.0 Å². The van der Waals surface area contributed by atoms with Crippen LogP contribution in [-0.4, -0.2) is 38.6 Å². The summed E-state index contributed by atoms with van der Waals surface area (Å²) >= 11 is 3.41. The van der Waals surface area contributed by atoms with Crippen molar-refractivity contribution in [3.05, 3.63) is 64.1 Å². The second kappa shape index (κ2) is 8.13. The zero-order valence-electron chi connectivity index (χ0n) is 13.5. The van der Waals surface area contributed by atoms with E-state index in [9.17, 15) is 4.79 Å². The molecule has 0 aliphatic carbocycles. The molecular weight excluding hydrogens is 356 g/mol. The van der Waals surface area contributed by atoms with E-state index in [-0.39, 0.29) is 11.9 Å². The van der Waals surface area contributed by atoms with Gasteiger partial charge in [-0.25, -0.2) is 0 Å².